The lowest BCUT2D eigenvalue weighted by molar-refractivity contribution is 0.415. The van der Waals surface area contributed by atoms with E-state index in [9.17, 15) is 10.2 Å². The van der Waals surface area contributed by atoms with E-state index in [1.54, 1.807) is 19.2 Å². The Hall–Kier alpha value is -1.88. The molecule has 106 valence electrons. The molecule has 0 fully saturated rings. The van der Waals surface area contributed by atoms with Gasteiger partial charge in [-0.1, -0.05) is 0 Å². The van der Waals surface area contributed by atoms with Crippen molar-refractivity contribution in [2.24, 2.45) is 0 Å². The first-order chi connectivity index (χ1) is 9.51. The highest BCUT2D eigenvalue weighted by atomic mass is 79.9. The molecule has 2 aromatic carbocycles. The van der Waals surface area contributed by atoms with Gasteiger partial charge in [-0.15, -0.1) is 0 Å². The van der Waals surface area contributed by atoms with E-state index in [0.29, 0.717) is 5.56 Å². The molecule has 5 heteroatoms. The fourth-order valence-electron chi connectivity index (χ4n) is 1.95. The lowest BCUT2D eigenvalue weighted by Gasteiger charge is -2.18. The maximum Gasteiger partial charge on any atom is 0.124 e. The molecule has 0 aliphatic heterocycles. The lowest BCUT2D eigenvalue weighted by atomic mass is 10.1. The van der Waals surface area contributed by atoms with Crippen molar-refractivity contribution in [2.75, 3.05) is 12.4 Å². The minimum Gasteiger partial charge on any atom is -0.508 e. The molecule has 4 nitrogen and oxygen atoms in total. The highest BCUT2D eigenvalue weighted by molar-refractivity contribution is 9.10. The highest BCUT2D eigenvalue weighted by Crippen LogP contribution is 2.33. The minimum atomic E-state index is -0.126. The number of methoxy groups -OCH3 is 1. The molecule has 0 saturated heterocycles. The number of aromatic hydroxyl groups is 2. The van der Waals surface area contributed by atoms with E-state index in [4.69, 9.17) is 4.74 Å². The molecule has 3 N–H and O–H groups in total. The van der Waals surface area contributed by atoms with Crippen LogP contribution in [0.15, 0.2) is 40.9 Å². The minimum absolute atomic E-state index is 0.0426. The summed E-state index contributed by atoms with van der Waals surface area (Å²) in [7, 11) is 1.61. The first-order valence-electron chi connectivity index (χ1n) is 6.13. The summed E-state index contributed by atoms with van der Waals surface area (Å²) in [5.41, 5.74) is 1.57. The van der Waals surface area contributed by atoms with Gasteiger partial charge in [-0.05, 0) is 47.1 Å². The number of hydrogen-bond donors (Lipinski definition) is 3. The molecule has 1 unspecified atom stereocenters. The molecule has 0 amide bonds. The Morgan fingerprint density at radius 1 is 1.15 bits per heavy atom. The van der Waals surface area contributed by atoms with Crippen LogP contribution in [-0.4, -0.2) is 17.3 Å². The van der Waals surface area contributed by atoms with Crippen molar-refractivity contribution in [3.05, 3.63) is 46.4 Å². The van der Waals surface area contributed by atoms with Crippen LogP contribution >= 0.6 is 15.9 Å². The SMILES string of the molecule is COc1ccc(Br)c(NC(C)c2ccc(O)cc2O)c1. The largest absolute Gasteiger partial charge is 0.508 e. The molecule has 0 saturated carbocycles. The number of hydrogen-bond acceptors (Lipinski definition) is 4. The summed E-state index contributed by atoms with van der Waals surface area (Å²) in [5, 5.41) is 22.5. The lowest BCUT2D eigenvalue weighted by Crippen LogP contribution is -2.07. The predicted octanol–water partition coefficient (Wildman–Crippen LogP) is 4.04. The van der Waals surface area contributed by atoms with Crippen molar-refractivity contribution in [1.82, 2.24) is 0 Å². The van der Waals surface area contributed by atoms with Gasteiger partial charge in [0.25, 0.3) is 0 Å². The Kier molecular flexibility index (Phi) is 4.39. The number of nitrogens with one attached hydrogen (secondary N) is 1. The van der Waals surface area contributed by atoms with Gasteiger partial charge in [0.05, 0.1) is 18.8 Å². The van der Waals surface area contributed by atoms with Crippen LogP contribution < -0.4 is 10.1 Å². The van der Waals surface area contributed by atoms with Gasteiger partial charge >= 0.3 is 0 Å². The van der Waals surface area contributed by atoms with E-state index in [1.807, 2.05) is 25.1 Å². The zero-order chi connectivity index (χ0) is 14.7. The van der Waals surface area contributed by atoms with Crippen molar-refractivity contribution in [2.45, 2.75) is 13.0 Å². The zero-order valence-electron chi connectivity index (χ0n) is 11.2. The molecule has 0 bridgehead atoms. The second kappa shape index (κ2) is 6.05. The average Bonchev–Trinajstić information content (AvgIpc) is 2.41. The number of benzene rings is 2. The quantitative estimate of drug-likeness (QED) is 0.787. The number of halogens is 1. The summed E-state index contributed by atoms with van der Waals surface area (Å²) in [6.07, 6.45) is 0. The van der Waals surface area contributed by atoms with E-state index in [-0.39, 0.29) is 17.5 Å². The molecule has 0 heterocycles. The standard InChI is InChI=1S/C15H16BrNO3/c1-9(12-5-3-10(18)7-15(12)19)17-14-8-11(20-2)4-6-13(14)16/h3-9,17-19H,1-2H3. The van der Waals surface area contributed by atoms with Crippen LogP contribution in [0, 0.1) is 0 Å². The Bertz CT molecular complexity index is 616. The molecule has 0 radical (unpaired) electrons. The molecule has 0 aromatic heterocycles. The number of phenolic OH excluding ortho intramolecular Hbond substituents is 2. The Labute approximate surface area is 126 Å². The topological polar surface area (TPSA) is 61.7 Å². The zero-order valence-corrected chi connectivity index (χ0v) is 12.8. The van der Waals surface area contributed by atoms with Crippen molar-refractivity contribution >= 4 is 21.6 Å². The van der Waals surface area contributed by atoms with Crippen LogP contribution in [0.2, 0.25) is 0 Å². The third-order valence-electron chi connectivity index (χ3n) is 3.03. The second-order valence-corrected chi connectivity index (χ2v) is 5.31. The normalized spacial score (nSPS) is 11.9. The number of rotatable bonds is 4. The van der Waals surface area contributed by atoms with Gasteiger partial charge in [0, 0.05) is 22.2 Å². The number of ether oxygens (including phenoxy) is 1. The second-order valence-electron chi connectivity index (χ2n) is 4.45. The van der Waals surface area contributed by atoms with Crippen LogP contribution in [0.5, 0.6) is 17.2 Å². The molecule has 0 aliphatic carbocycles. The molecular formula is C15H16BrNO3. The first kappa shape index (κ1) is 14.5. The molecular weight excluding hydrogens is 322 g/mol. The monoisotopic (exact) mass is 337 g/mol. The summed E-state index contributed by atoms with van der Waals surface area (Å²) in [5.74, 6) is 0.850. The van der Waals surface area contributed by atoms with Gasteiger partial charge in [-0.2, -0.15) is 0 Å². The Morgan fingerprint density at radius 3 is 2.55 bits per heavy atom. The average molecular weight is 338 g/mol. The maximum atomic E-state index is 9.87. The summed E-state index contributed by atoms with van der Waals surface area (Å²) < 4.78 is 6.10. The smallest absolute Gasteiger partial charge is 0.124 e. The molecule has 0 spiro atoms. The van der Waals surface area contributed by atoms with Crippen molar-refractivity contribution < 1.29 is 14.9 Å². The van der Waals surface area contributed by atoms with Crippen LogP contribution in [0.3, 0.4) is 0 Å². The Morgan fingerprint density at radius 2 is 1.90 bits per heavy atom. The van der Waals surface area contributed by atoms with E-state index in [2.05, 4.69) is 21.2 Å². The third-order valence-corrected chi connectivity index (χ3v) is 3.72. The van der Waals surface area contributed by atoms with Gasteiger partial charge in [-0.25, -0.2) is 0 Å². The van der Waals surface area contributed by atoms with Gasteiger partial charge in [-0.3, -0.25) is 0 Å². The van der Waals surface area contributed by atoms with E-state index in [1.165, 1.54) is 6.07 Å². The molecule has 2 rings (SSSR count). The van der Waals surface area contributed by atoms with Crippen LogP contribution in [0.25, 0.3) is 0 Å². The van der Waals surface area contributed by atoms with Crippen LogP contribution in [0.4, 0.5) is 5.69 Å². The molecule has 1 atom stereocenters. The van der Waals surface area contributed by atoms with Crippen molar-refractivity contribution in [1.29, 1.82) is 0 Å². The summed E-state index contributed by atoms with van der Waals surface area (Å²) in [4.78, 5) is 0. The summed E-state index contributed by atoms with van der Waals surface area (Å²) in [6, 6.07) is 10.1. The van der Waals surface area contributed by atoms with Gasteiger partial charge in [0.15, 0.2) is 0 Å². The van der Waals surface area contributed by atoms with Gasteiger partial charge in [0.1, 0.15) is 17.2 Å². The first-order valence-corrected chi connectivity index (χ1v) is 6.92. The number of phenols is 2. The van der Waals surface area contributed by atoms with Crippen LogP contribution in [0.1, 0.15) is 18.5 Å². The number of anilines is 1. The van der Waals surface area contributed by atoms with Gasteiger partial charge in [0.2, 0.25) is 0 Å². The maximum absolute atomic E-state index is 9.87. The van der Waals surface area contributed by atoms with E-state index in [0.717, 1.165) is 15.9 Å². The van der Waals surface area contributed by atoms with Crippen LogP contribution in [-0.2, 0) is 0 Å². The summed E-state index contributed by atoms with van der Waals surface area (Å²) in [6.45, 7) is 1.93. The fraction of sp³-hybridized carbons (Fsp3) is 0.200. The molecule has 20 heavy (non-hydrogen) atoms. The molecule has 0 aliphatic rings. The van der Waals surface area contributed by atoms with Crippen molar-refractivity contribution in [3.63, 3.8) is 0 Å². The Balaban J connectivity index is 2.25. The summed E-state index contributed by atoms with van der Waals surface area (Å²) >= 11 is 3.47. The van der Waals surface area contributed by atoms with Gasteiger partial charge < -0.3 is 20.3 Å². The van der Waals surface area contributed by atoms with E-state index < -0.39 is 0 Å². The van der Waals surface area contributed by atoms with Crippen molar-refractivity contribution in [3.8, 4) is 17.2 Å². The third kappa shape index (κ3) is 3.17. The fourth-order valence-corrected chi connectivity index (χ4v) is 2.31. The highest BCUT2D eigenvalue weighted by Gasteiger charge is 2.12. The molecule has 2 aromatic rings. The van der Waals surface area contributed by atoms with E-state index >= 15 is 0 Å². The predicted molar refractivity (Wildman–Crippen MR) is 82.5 cm³/mol.